The zero-order valence-electron chi connectivity index (χ0n) is 15.2. The summed E-state index contributed by atoms with van der Waals surface area (Å²) in [6.07, 6.45) is 1.72. The van der Waals surface area contributed by atoms with Crippen molar-refractivity contribution in [3.63, 3.8) is 0 Å². The zero-order valence-corrected chi connectivity index (χ0v) is 15.2. The van der Waals surface area contributed by atoms with E-state index in [1.165, 1.54) is 12.1 Å². The molecule has 0 atom stereocenters. The molecule has 0 aliphatic heterocycles. The second-order valence-corrected chi connectivity index (χ2v) is 6.19. The molecule has 4 rings (SSSR count). The molecule has 0 radical (unpaired) electrons. The van der Waals surface area contributed by atoms with Crippen LogP contribution in [-0.4, -0.2) is 22.5 Å². The number of halogens is 1. The van der Waals surface area contributed by atoms with Gasteiger partial charge in [0.2, 0.25) is 5.89 Å². The van der Waals surface area contributed by atoms with Gasteiger partial charge >= 0.3 is 5.97 Å². The molecule has 0 unspecified atom stereocenters. The lowest BCUT2D eigenvalue weighted by Gasteiger charge is -2.03. The number of benzene rings is 2. The average molecular weight is 376 g/mol. The van der Waals surface area contributed by atoms with Crippen LogP contribution in [0.25, 0.3) is 33.7 Å². The lowest BCUT2D eigenvalue weighted by atomic mass is 10.1. The van der Waals surface area contributed by atoms with Crippen molar-refractivity contribution in [3.8, 4) is 22.8 Å². The highest BCUT2D eigenvalue weighted by molar-refractivity contribution is 5.84. The van der Waals surface area contributed by atoms with Crippen LogP contribution in [0.5, 0.6) is 0 Å². The molecule has 0 N–H and O–H groups in total. The maximum atomic E-state index is 13.2. The van der Waals surface area contributed by atoms with Gasteiger partial charge in [0.25, 0.3) is 0 Å². The zero-order chi connectivity index (χ0) is 19.5. The Morgan fingerprint density at radius 1 is 1.11 bits per heavy atom. The first-order valence-corrected chi connectivity index (χ1v) is 8.90. The Morgan fingerprint density at radius 2 is 1.89 bits per heavy atom. The number of hydrogen-bond donors (Lipinski definition) is 0. The maximum absolute atomic E-state index is 13.2. The van der Waals surface area contributed by atoms with Crippen LogP contribution in [0.1, 0.15) is 12.6 Å². The van der Waals surface area contributed by atoms with Crippen molar-refractivity contribution in [2.45, 2.75) is 13.3 Å². The van der Waals surface area contributed by atoms with E-state index in [1.807, 2.05) is 30.3 Å². The molecule has 28 heavy (non-hydrogen) atoms. The Hall–Kier alpha value is -3.54. The average Bonchev–Trinajstić information content (AvgIpc) is 3.12. The predicted molar refractivity (Wildman–Crippen MR) is 103 cm³/mol. The van der Waals surface area contributed by atoms with E-state index in [1.54, 1.807) is 25.3 Å². The number of hydrogen-bond acceptors (Lipinski definition) is 5. The first-order chi connectivity index (χ1) is 13.6. The van der Waals surface area contributed by atoms with Crippen LogP contribution in [0.2, 0.25) is 0 Å². The highest BCUT2D eigenvalue weighted by Gasteiger charge is 2.20. The third-order valence-electron chi connectivity index (χ3n) is 4.27. The maximum Gasteiger partial charge on any atom is 0.312 e. The smallest absolute Gasteiger partial charge is 0.312 e. The molecule has 5 nitrogen and oxygen atoms in total. The molecular formula is C22H17FN2O3. The van der Waals surface area contributed by atoms with Crippen LogP contribution in [-0.2, 0) is 16.0 Å². The van der Waals surface area contributed by atoms with Gasteiger partial charge in [-0.25, -0.2) is 9.37 Å². The summed E-state index contributed by atoms with van der Waals surface area (Å²) in [5.41, 5.74) is 2.73. The summed E-state index contributed by atoms with van der Waals surface area (Å²) in [5.74, 6) is 0.0770. The summed E-state index contributed by atoms with van der Waals surface area (Å²) in [6.45, 7) is 2.04. The van der Waals surface area contributed by atoms with Crippen LogP contribution in [0.4, 0.5) is 4.39 Å². The first kappa shape index (κ1) is 17.9. The summed E-state index contributed by atoms with van der Waals surface area (Å²) in [5, 5.41) is 0.946. The normalized spacial score (nSPS) is 10.9. The third-order valence-corrected chi connectivity index (χ3v) is 4.27. The second-order valence-electron chi connectivity index (χ2n) is 6.19. The van der Waals surface area contributed by atoms with Gasteiger partial charge < -0.3 is 9.15 Å². The van der Waals surface area contributed by atoms with Crippen LogP contribution in [0, 0.1) is 5.82 Å². The third kappa shape index (κ3) is 3.62. The van der Waals surface area contributed by atoms with Gasteiger partial charge in [-0.05, 0) is 55.5 Å². The van der Waals surface area contributed by atoms with Crippen LogP contribution >= 0.6 is 0 Å². The number of oxazole rings is 1. The number of nitrogens with zero attached hydrogens (tertiary/aromatic N) is 2. The van der Waals surface area contributed by atoms with Gasteiger partial charge in [0.05, 0.1) is 24.2 Å². The monoisotopic (exact) mass is 376 g/mol. The van der Waals surface area contributed by atoms with E-state index in [2.05, 4.69) is 9.97 Å². The molecule has 2 heterocycles. The van der Waals surface area contributed by atoms with Gasteiger partial charge in [-0.1, -0.05) is 6.07 Å². The van der Waals surface area contributed by atoms with Crippen LogP contribution in [0.15, 0.2) is 65.2 Å². The lowest BCUT2D eigenvalue weighted by Crippen LogP contribution is -2.08. The molecule has 0 aliphatic carbocycles. The summed E-state index contributed by atoms with van der Waals surface area (Å²) in [4.78, 5) is 20.8. The van der Waals surface area contributed by atoms with Gasteiger partial charge in [0, 0.05) is 22.7 Å². The topological polar surface area (TPSA) is 65.2 Å². The van der Waals surface area contributed by atoms with E-state index in [9.17, 15) is 9.18 Å². The molecule has 0 spiro atoms. The highest BCUT2D eigenvalue weighted by atomic mass is 19.1. The van der Waals surface area contributed by atoms with E-state index >= 15 is 0 Å². The Labute approximate surface area is 160 Å². The minimum atomic E-state index is -0.384. The number of aromatic nitrogens is 2. The minimum absolute atomic E-state index is 0.0149. The molecule has 0 saturated carbocycles. The Bertz CT molecular complexity index is 1140. The van der Waals surface area contributed by atoms with Crippen molar-refractivity contribution < 1.29 is 18.3 Å². The molecular weight excluding hydrogens is 359 g/mol. The van der Waals surface area contributed by atoms with Gasteiger partial charge in [0.15, 0.2) is 5.76 Å². The Kier molecular flexibility index (Phi) is 4.85. The molecule has 2 aromatic carbocycles. The fourth-order valence-corrected chi connectivity index (χ4v) is 2.98. The molecule has 0 aliphatic rings. The minimum Gasteiger partial charge on any atom is -0.466 e. The summed E-state index contributed by atoms with van der Waals surface area (Å²) in [7, 11) is 0. The number of ether oxygens (including phenoxy) is 1. The second kappa shape index (κ2) is 7.60. The van der Waals surface area contributed by atoms with Gasteiger partial charge in [0.1, 0.15) is 5.82 Å². The Balaban J connectivity index is 1.80. The summed E-state index contributed by atoms with van der Waals surface area (Å²) < 4.78 is 24.3. The van der Waals surface area contributed by atoms with Gasteiger partial charge in [-0.3, -0.25) is 9.78 Å². The molecule has 0 bridgehead atoms. The molecule has 0 saturated heterocycles. The summed E-state index contributed by atoms with van der Waals surface area (Å²) >= 11 is 0. The summed E-state index contributed by atoms with van der Waals surface area (Å²) in [6, 6.07) is 15.4. The van der Waals surface area contributed by atoms with E-state index in [0.29, 0.717) is 29.5 Å². The lowest BCUT2D eigenvalue weighted by molar-refractivity contribution is -0.142. The first-order valence-electron chi connectivity index (χ1n) is 8.90. The van der Waals surface area contributed by atoms with Crippen molar-refractivity contribution >= 4 is 16.9 Å². The number of pyridine rings is 1. The number of carbonyl (C=O) groups excluding carboxylic acids is 1. The van der Waals surface area contributed by atoms with Gasteiger partial charge in [-0.2, -0.15) is 0 Å². The molecule has 4 aromatic rings. The Morgan fingerprint density at radius 3 is 2.68 bits per heavy atom. The van der Waals surface area contributed by atoms with Crippen molar-refractivity contribution in [1.82, 2.24) is 9.97 Å². The van der Waals surface area contributed by atoms with E-state index in [-0.39, 0.29) is 18.2 Å². The molecule has 0 amide bonds. The van der Waals surface area contributed by atoms with Crippen molar-refractivity contribution in [2.75, 3.05) is 6.61 Å². The van der Waals surface area contributed by atoms with E-state index < -0.39 is 0 Å². The highest BCUT2D eigenvalue weighted by Crippen LogP contribution is 2.32. The van der Waals surface area contributed by atoms with E-state index in [0.717, 1.165) is 16.5 Å². The van der Waals surface area contributed by atoms with E-state index in [4.69, 9.17) is 9.15 Å². The number of rotatable bonds is 5. The van der Waals surface area contributed by atoms with Crippen molar-refractivity contribution in [1.29, 1.82) is 0 Å². The SMILES string of the molecule is CCOC(=O)Cc1nc(-c2ccc(F)cc2)oc1-c1ccc2ncccc2c1. The molecule has 0 fully saturated rings. The van der Waals surface area contributed by atoms with Crippen LogP contribution < -0.4 is 0 Å². The molecule has 6 heteroatoms. The fraction of sp³-hybridized carbons (Fsp3) is 0.136. The fourth-order valence-electron chi connectivity index (χ4n) is 2.98. The number of carbonyl (C=O) groups is 1. The molecule has 140 valence electrons. The quantitative estimate of drug-likeness (QED) is 0.468. The van der Waals surface area contributed by atoms with Gasteiger partial charge in [-0.15, -0.1) is 0 Å². The van der Waals surface area contributed by atoms with Crippen molar-refractivity contribution in [2.24, 2.45) is 0 Å². The molecule has 2 aromatic heterocycles. The largest absolute Gasteiger partial charge is 0.466 e. The van der Waals surface area contributed by atoms with Crippen molar-refractivity contribution in [3.05, 3.63) is 72.3 Å². The standard InChI is InChI=1S/C22H17FN2O3/c1-2-27-20(26)13-19-21(16-7-10-18-15(12-16)4-3-11-24-18)28-22(25-19)14-5-8-17(23)9-6-14/h3-12H,2,13H2,1H3. The predicted octanol–water partition coefficient (Wildman–Crippen LogP) is 4.80. The number of esters is 1. The van der Waals surface area contributed by atoms with Crippen LogP contribution in [0.3, 0.4) is 0 Å². The number of fused-ring (bicyclic) bond motifs is 1.